The fraction of sp³-hybridized carbons (Fsp3) is 0.500. The topological polar surface area (TPSA) is 90.2 Å². The molecule has 0 saturated heterocycles. The van der Waals surface area contributed by atoms with Crippen LogP contribution in [-0.2, 0) is 26.3 Å². The number of hydrogen-bond donors (Lipinski definition) is 0. The fourth-order valence-electron chi connectivity index (χ4n) is 2.82. The summed E-state index contributed by atoms with van der Waals surface area (Å²) >= 11 is 0. The fourth-order valence-corrected chi connectivity index (χ4v) is 2.82. The molecule has 1 unspecified atom stereocenters. The molecule has 0 saturated carbocycles. The van der Waals surface area contributed by atoms with Crippen LogP contribution in [0.5, 0.6) is 0 Å². The van der Waals surface area contributed by atoms with Gasteiger partial charge in [-0.15, -0.1) is 5.10 Å². The zero-order valence-electron chi connectivity index (χ0n) is 16.1. The van der Waals surface area contributed by atoms with Crippen LogP contribution in [0, 0.1) is 5.82 Å². The number of ether oxygens (including phenoxy) is 1. The molecule has 0 fully saturated rings. The summed E-state index contributed by atoms with van der Waals surface area (Å²) < 4.78 is 19.9. The van der Waals surface area contributed by atoms with Gasteiger partial charge in [0.1, 0.15) is 5.82 Å². The van der Waals surface area contributed by atoms with Crippen LogP contribution in [0.15, 0.2) is 24.3 Å². The Balaban J connectivity index is 2.60. The van der Waals surface area contributed by atoms with E-state index in [-0.39, 0.29) is 18.5 Å². The standard InChI is InChI=1S/C18H24FN5O3/c1-6-23-15(20-21-22-23)18(5,17(26)27-7-2)16(25)24(12(3)4)14-10-8-13(19)9-11-14/h8-12H,6-7H2,1-5H3. The van der Waals surface area contributed by atoms with E-state index in [9.17, 15) is 14.0 Å². The summed E-state index contributed by atoms with van der Waals surface area (Å²) in [5.41, 5.74) is -1.30. The molecule has 9 heteroatoms. The lowest BCUT2D eigenvalue weighted by Gasteiger charge is -2.34. The molecule has 1 aromatic heterocycles. The first-order chi connectivity index (χ1) is 12.8. The van der Waals surface area contributed by atoms with Gasteiger partial charge in [-0.25, -0.2) is 9.07 Å². The van der Waals surface area contributed by atoms with Crippen LogP contribution in [0.25, 0.3) is 0 Å². The van der Waals surface area contributed by atoms with Crippen LogP contribution in [0.2, 0.25) is 0 Å². The van der Waals surface area contributed by atoms with Crippen molar-refractivity contribution in [3.63, 3.8) is 0 Å². The number of tetrazole rings is 1. The summed E-state index contributed by atoms with van der Waals surface area (Å²) in [6.07, 6.45) is 0. The Labute approximate surface area is 157 Å². The zero-order valence-corrected chi connectivity index (χ0v) is 16.1. The summed E-state index contributed by atoms with van der Waals surface area (Å²) in [7, 11) is 0. The minimum Gasteiger partial charge on any atom is -0.465 e. The SMILES string of the molecule is CCOC(=O)C(C)(C(=O)N(c1ccc(F)cc1)C(C)C)c1nnnn1CC. The van der Waals surface area contributed by atoms with Crippen LogP contribution in [0.1, 0.15) is 40.4 Å². The van der Waals surface area contributed by atoms with Crippen molar-refractivity contribution >= 4 is 17.6 Å². The molecule has 1 amide bonds. The maximum absolute atomic E-state index is 13.6. The van der Waals surface area contributed by atoms with Crippen molar-refractivity contribution in [1.29, 1.82) is 0 Å². The molecule has 1 aromatic carbocycles. The predicted molar refractivity (Wildman–Crippen MR) is 96.5 cm³/mol. The number of nitrogens with zero attached hydrogens (tertiary/aromatic N) is 5. The highest BCUT2D eigenvalue weighted by Gasteiger charge is 2.51. The Morgan fingerprint density at radius 2 is 1.89 bits per heavy atom. The average Bonchev–Trinajstić information content (AvgIpc) is 3.11. The number of benzene rings is 1. The molecule has 0 aliphatic rings. The molecule has 0 aliphatic carbocycles. The zero-order chi connectivity index (χ0) is 20.2. The minimum atomic E-state index is -1.76. The Hall–Kier alpha value is -2.84. The van der Waals surface area contributed by atoms with Gasteiger partial charge in [0.2, 0.25) is 5.41 Å². The Morgan fingerprint density at radius 3 is 2.41 bits per heavy atom. The first kappa shape index (κ1) is 20.5. The molecule has 0 radical (unpaired) electrons. The molecule has 0 bridgehead atoms. The number of anilines is 1. The molecule has 8 nitrogen and oxygen atoms in total. The Bertz CT molecular complexity index is 806. The number of esters is 1. The van der Waals surface area contributed by atoms with E-state index in [1.807, 2.05) is 0 Å². The van der Waals surface area contributed by atoms with Gasteiger partial charge in [0.25, 0.3) is 5.91 Å². The van der Waals surface area contributed by atoms with Crippen LogP contribution < -0.4 is 4.90 Å². The van der Waals surface area contributed by atoms with Gasteiger partial charge < -0.3 is 9.64 Å². The van der Waals surface area contributed by atoms with Gasteiger partial charge in [-0.1, -0.05) is 0 Å². The van der Waals surface area contributed by atoms with Crippen molar-refractivity contribution < 1.29 is 18.7 Å². The molecule has 0 N–H and O–H groups in total. The van der Waals surface area contributed by atoms with Crippen molar-refractivity contribution in [1.82, 2.24) is 20.2 Å². The van der Waals surface area contributed by atoms with Gasteiger partial charge in [-0.05, 0) is 69.3 Å². The van der Waals surface area contributed by atoms with E-state index in [2.05, 4.69) is 15.5 Å². The highest BCUT2D eigenvalue weighted by molar-refractivity contribution is 6.14. The molecule has 27 heavy (non-hydrogen) atoms. The van der Waals surface area contributed by atoms with Gasteiger partial charge in [0, 0.05) is 18.3 Å². The largest absolute Gasteiger partial charge is 0.465 e. The third kappa shape index (κ3) is 3.81. The van der Waals surface area contributed by atoms with Crippen LogP contribution >= 0.6 is 0 Å². The second kappa shape index (κ2) is 8.24. The Morgan fingerprint density at radius 1 is 1.26 bits per heavy atom. The second-order valence-electron chi connectivity index (χ2n) is 6.41. The van der Waals surface area contributed by atoms with E-state index in [0.717, 1.165) is 0 Å². The minimum absolute atomic E-state index is 0.0983. The number of rotatable bonds is 7. The highest BCUT2D eigenvalue weighted by Crippen LogP contribution is 2.30. The third-order valence-corrected chi connectivity index (χ3v) is 4.23. The lowest BCUT2D eigenvalue weighted by molar-refractivity contribution is -0.154. The number of halogens is 1. The maximum atomic E-state index is 13.6. The highest BCUT2D eigenvalue weighted by atomic mass is 19.1. The Kier molecular flexibility index (Phi) is 6.24. The monoisotopic (exact) mass is 377 g/mol. The van der Waals surface area contributed by atoms with Crippen molar-refractivity contribution in [3.8, 4) is 0 Å². The lowest BCUT2D eigenvalue weighted by atomic mass is 9.86. The number of aromatic nitrogens is 4. The van der Waals surface area contributed by atoms with E-state index >= 15 is 0 Å². The molecule has 146 valence electrons. The molecule has 2 aromatic rings. The van der Waals surface area contributed by atoms with Crippen molar-refractivity contribution in [2.24, 2.45) is 0 Å². The normalized spacial score (nSPS) is 13.3. The van der Waals surface area contributed by atoms with Gasteiger partial charge in [0.05, 0.1) is 6.61 Å². The first-order valence-corrected chi connectivity index (χ1v) is 8.80. The van der Waals surface area contributed by atoms with Crippen LogP contribution in [0.3, 0.4) is 0 Å². The molecule has 0 spiro atoms. The van der Waals surface area contributed by atoms with E-state index in [0.29, 0.717) is 12.2 Å². The predicted octanol–water partition coefficient (Wildman–Crippen LogP) is 2.09. The molecular formula is C18H24FN5O3. The van der Waals surface area contributed by atoms with Gasteiger partial charge in [-0.2, -0.15) is 0 Å². The summed E-state index contributed by atoms with van der Waals surface area (Å²) in [6, 6.07) is 5.19. The second-order valence-corrected chi connectivity index (χ2v) is 6.41. The summed E-state index contributed by atoms with van der Waals surface area (Å²) in [5.74, 6) is -1.61. The van der Waals surface area contributed by atoms with E-state index in [4.69, 9.17) is 4.74 Å². The van der Waals surface area contributed by atoms with Crippen molar-refractivity contribution in [2.45, 2.75) is 52.6 Å². The molecule has 0 aliphatic heterocycles. The quantitative estimate of drug-likeness (QED) is 0.542. The number of carbonyl (C=O) groups excluding carboxylic acids is 2. The van der Waals surface area contributed by atoms with Gasteiger partial charge in [0.15, 0.2) is 5.82 Å². The number of aryl methyl sites for hydroxylation is 1. The van der Waals surface area contributed by atoms with Crippen LogP contribution in [0.4, 0.5) is 10.1 Å². The lowest BCUT2D eigenvalue weighted by Crippen LogP contribution is -2.54. The van der Waals surface area contributed by atoms with E-state index < -0.39 is 23.1 Å². The summed E-state index contributed by atoms with van der Waals surface area (Å²) in [5, 5.41) is 11.4. The summed E-state index contributed by atoms with van der Waals surface area (Å²) in [6.45, 7) is 8.99. The molecule has 1 atom stereocenters. The average molecular weight is 377 g/mol. The van der Waals surface area contributed by atoms with E-state index in [1.165, 1.54) is 40.8 Å². The molecule has 2 rings (SSSR count). The number of carbonyl (C=O) groups is 2. The smallest absolute Gasteiger partial charge is 0.329 e. The van der Waals surface area contributed by atoms with Crippen molar-refractivity contribution in [3.05, 3.63) is 35.9 Å². The maximum Gasteiger partial charge on any atom is 0.329 e. The summed E-state index contributed by atoms with van der Waals surface area (Å²) in [4.78, 5) is 27.9. The molecule has 1 heterocycles. The molecular weight excluding hydrogens is 353 g/mol. The number of hydrogen-bond acceptors (Lipinski definition) is 6. The van der Waals surface area contributed by atoms with Gasteiger partial charge >= 0.3 is 5.97 Å². The third-order valence-electron chi connectivity index (χ3n) is 4.23. The van der Waals surface area contributed by atoms with E-state index in [1.54, 1.807) is 27.7 Å². The van der Waals surface area contributed by atoms with Gasteiger partial charge in [-0.3, -0.25) is 9.59 Å². The van der Waals surface area contributed by atoms with Crippen molar-refractivity contribution in [2.75, 3.05) is 11.5 Å². The number of amides is 1. The van der Waals surface area contributed by atoms with Crippen LogP contribution in [-0.4, -0.2) is 44.7 Å². The first-order valence-electron chi connectivity index (χ1n) is 8.80.